The summed E-state index contributed by atoms with van der Waals surface area (Å²) in [5.41, 5.74) is 2.90. The van der Waals surface area contributed by atoms with Gasteiger partial charge in [-0.15, -0.1) is 0 Å². The molecule has 1 saturated heterocycles. The molecular weight excluding hydrogens is 520 g/mol. The molecule has 3 aromatic rings. The Morgan fingerprint density at radius 3 is 2.59 bits per heavy atom. The predicted molar refractivity (Wildman–Crippen MR) is 155 cm³/mol. The number of benzene rings is 2. The van der Waals surface area contributed by atoms with Crippen molar-refractivity contribution in [2.24, 2.45) is 5.92 Å². The molecule has 2 atom stereocenters. The zero-order valence-corrected chi connectivity index (χ0v) is 23.9. The van der Waals surface area contributed by atoms with Crippen molar-refractivity contribution >= 4 is 17.4 Å². The number of aliphatic hydroxyl groups is 1. The van der Waals surface area contributed by atoms with Gasteiger partial charge in [0.15, 0.2) is 11.5 Å². The van der Waals surface area contributed by atoms with Crippen LogP contribution in [0.1, 0.15) is 62.4 Å². The van der Waals surface area contributed by atoms with E-state index in [4.69, 9.17) is 14.2 Å². The van der Waals surface area contributed by atoms with E-state index in [1.807, 2.05) is 26.0 Å². The SMILES string of the molecule is CCOc1cc([C@@H]2C(=C(O)c3ccc4c(c3)C[C@@H](C)O4)C(=O)C(=O)N2Cc2ccncc2)ccc1OCCC(C)C. The number of hydrogen-bond acceptors (Lipinski definition) is 7. The Hall–Kier alpha value is -4.33. The van der Waals surface area contributed by atoms with Crippen LogP contribution in [0.15, 0.2) is 66.5 Å². The van der Waals surface area contributed by atoms with E-state index in [0.717, 1.165) is 23.3 Å². The first-order valence-electron chi connectivity index (χ1n) is 14.1. The fraction of sp³-hybridized carbons (Fsp3) is 0.364. The summed E-state index contributed by atoms with van der Waals surface area (Å²) in [6.45, 7) is 9.26. The number of likely N-dealkylation sites (tertiary alicyclic amines) is 1. The monoisotopic (exact) mass is 556 g/mol. The molecule has 8 heteroatoms. The lowest BCUT2D eigenvalue weighted by atomic mass is 9.94. The molecule has 0 unspecified atom stereocenters. The number of nitrogens with zero attached hydrogens (tertiary/aromatic N) is 2. The average Bonchev–Trinajstić information content (AvgIpc) is 3.45. The van der Waals surface area contributed by atoms with Crippen LogP contribution in [0.5, 0.6) is 17.2 Å². The molecule has 1 N–H and O–H groups in total. The van der Waals surface area contributed by atoms with Gasteiger partial charge in [0.1, 0.15) is 17.6 Å². The van der Waals surface area contributed by atoms with Gasteiger partial charge in [0.2, 0.25) is 0 Å². The number of ether oxygens (including phenoxy) is 3. The number of pyridine rings is 1. The number of aliphatic hydroxyl groups excluding tert-OH is 1. The van der Waals surface area contributed by atoms with Crippen LogP contribution in [0, 0.1) is 5.92 Å². The van der Waals surface area contributed by atoms with Crippen molar-refractivity contribution in [3.63, 3.8) is 0 Å². The van der Waals surface area contributed by atoms with Gasteiger partial charge >= 0.3 is 0 Å². The van der Waals surface area contributed by atoms with Crippen LogP contribution < -0.4 is 14.2 Å². The number of hydrogen-bond donors (Lipinski definition) is 1. The van der Waals surface area contributed by atoms with Crippen LogP contribution >= 0.6 is 0 Å². The number of rotatable bonds is 10. The molecule has 5 rings (SSSR count). The van der Waals surface area contributed by atoms with Gasteiger partial charge in [-0.05, 0) is 85.3 Å². The van der Waals surface area contributed by atoms with Crippen molar-refractivity contribution in [3.05, 3.63) is 88.8 Å². The maximum atomic E-state index is 13.6. The highest BCUT2D eigenvalue weighted by Gasteiger charge is 2.46. The summed E-state index contributed by atoms with van der Waals surface area (Å²) < 4.78 is 17.8. The highest BCUT2D eigenvalue weighted by Crippen LogP contribution is 2.43. The predicted octanol–water partition coefficient (Wildman–Crippen LogP) is 5.85. The van der Waals surface area contributed by atoms with Gasteiger partial charge in [-0.1, -0.05) is 19.9 Å². The van der Waals surface area contributed by atoms with Crippen molar-refractivity contribution in [3.8, 4) is 17.2 Å². The van der Waals surface area contributed by atoms with Crippen LogP contribution in [0.25, 0.3) is 5.76 Å². The Balaban J connectivity index is 1.60. The highest BCUT2D eigenvalue weighted by atomic mass is 16.5. The van der Waals surface area contributed by atoms with Gasteiger partial charge < -0.3 is 24.2 Å². The lowest BCUT2D eigenvalue weighted by molar-refractivity contribution is -0.140. The van der Waals surface area contributed by atoms with Gasteiger partial charge in [-0.2, -0.15) is 0 Å². The van der Waals surface area contributed by atoms with Crippen LogP contribution in [-0.4, -0.2) is 46.0 Å². The Kier molecular flexibility index (Phi) is 8.28. The largest absolute Gasteiger partial charge is 0.507 e. The third-order valence-electron chi connectivity index (χ3n) is 7.35. The number of aromatic nitrogens is 1. The Labute approximate surface area is 240 Å². The van der Waals surface area contributed by atoms with Gasteiger partial charge in [0.25, 0.3) is 11.7 Å². The van der Waals surface area contributed by atoms with Gasteiger partial charge in [0, 0.05) is 30.9 Å². The first kappa shape index (κ1) is 28.2. The molecule has 1 fully saturated rings. The molecule has 214 valence electrons. The zero-order chi connectivity index (χ0) is 29.1. The molecule has 0 bridgehead atoms. The molecule has 0 saturated carbocycles. The molecule has 2 aromatic carbocycles. The summed E-state index contributed by atoms with van der Waals surface area (Å²) >= 11 is 0. The molecule has 0 spiro atoms. The smallest absolute Gasteiger partial charge is 0.295 e. The molecule has 1 aromatic heterocycles. The first-order valence-corrected chi connectivity index (χ1v) is 14.1. The fourth-order valence-electron chi connectivity index (χ4n) is 5.29. The first-order chi connectivity index (χ1) is 19.8. The maximum absolute atomic E-state index is 13.6. The van der Waals surface area contributed by atoms with Crippen molar-refractivity contribution in [2.45, 2.75) is 59.2 Å². The molecule has 2 aliphatic heterocycles. The molecule has 8 nitrogen and oxygen atoms in total. The lowest BCUT2D eigenvalue weighted by Crippen LogP contribution is -2.29. The molecule has 3 heterocycles. The summed E-state index contributed by atoms with van der Waals surface area (Å²) in [5.74, 6) is 0.735. The molecule has 41 heavy (non-hydrogen) atoms. The standard InChI is InChI=1S/C33H36N2O6/c1-5-39-28-18-23(6-9-27(28)40-15-12-20(2)3)30-29(31(36)24-7-8-26-25(17-24)16-21(4)41-26)32(37)33(38)35(30)19-22-10-13-34-14-11-22/h6-11,13-14,17-18,20-21,30,36H,5,12,15-16,19H2,1-4H3/t21-,30-/m1/s1. The summed E-state index contributed by atoms with van der Waals surface area (Å²) in [4.78, 5) is 32.6. The Morgan fingerprint density at radius 1 is 1.07 bits per heavy atom. The van der Waals surface area contributed by atoms with Crippen molar-refractivity contribution in [1.82, 2.24) is 9.88 Å². The van der Waals surface area contributed by atoms with E-state index in [1.165, 1.54) is 4.90 Å². The van der Waals surface area contributed by atoms with Crippen LogP contribution in [0.3, 0.4) is 0 Å². The normalized spacial score (nSPS) is 19.4. The fourth-order valence-corrected chi connectivity index (χ4v) is 5.29. The van der Waals surface area contributed by atoms with E-state index in [2.05, 4.69) is 18.8 Å². The van der Waals surface area contributed by atoms with Gasteiger partial charge in [-0.3, -0.25) is 14.6 Å². The Bertz CT molecular complexity index is 1470. The van der Waals surface area contributed by atoms with E-state index >= 15 is 0 Å². The number of Topliss-reactive ketones (excluding diaryl/α,β-unsaturated/α-hetero) is 1. The maximum Gasteiger partial charge on any atom is 0.295 e. The third-order valence-corrected chi connectivity index (χ3v) is 7.35. The van der Waals surface area contributed by atoms with E-state index < -0.39 is 17.7 Å². The van der Waals surface area contributed by atoms with E-state index in [-0.39, 0.29) is 24.0 Å². The van der Waals surface area contributed by atoms with Crippen molar-refractivity contribution in [2.75, 3.05) is 13.2 Å². The van der Waals surface area contributed by atoms with Crippen LogP contribution in [0.2, 0.25) is 0 Å². The highest BCUT2D eigenvalue weighted by molar-refractivity contribution is 6.46. The molecule has 0 radical (unpaired) electrons. The summed E-state index contributed by atoms with van der Waals surface area (Å²) in [6, 6.07) is 13.6. The van der Waals surface area contributed by atoms with E-state index in [0.29, 0.717) is 48.2 Å². The second-order valence-corrected chi connectivity index (χ2v) is 10.9. The Morgan fingerprint density at radius 2 is 1.85 bits per heavy atom. The number of ketones is 1. The zero-order valence-electron chi connectivity index (χ0n) is 23.9. The summed E-state index contributed by atoms with van der Waals surface area (Å²) in [6.07, 6.45) is 4.92. The van der Waals surface area contributed by atoms with Gasteiger partial charge in [0.05, 0.1) is 24.8 Å². The topological polar surface area (TPSA) is 98.2 Å². The molecule has 0 aliphatic carbocycles. The number of fused-ring (bicyclic) bond motifs is 1. The average molecular weight is 557 g/mol. The quantitative estimate of drug-likeness (QED) is 0.190. The second-order valence-electron chi connectivity index (χ2n) is 10.9. The number of amides is 1. The van der Waals surface area contributed by atoms with E-state index in [9.17, 15) is 14.7 Å². The second kappa shape index (κ2) is 12.0. The third kappa shape index (κ3) is 5.92. The molecule has 2 aliphatic rings. The lowest BCUT2D eigenvalue weighted by Gasteiger charge is -2.26. The van der Waals surface area contributed by atoms with Crippen molar-refractivity contribution in [1.29, 1.82) is 0 Å². The van der Waals surface area contributed by atoms with Gasteiger partial charge in [-0.25, -0.2) is 0 Å². The van der Waals surface area contributed by atoms with Crippen LogP contribution in [0.4, 0.5) is 0 Å². The minimum atomic E-state index is -0.837. The molecular formula is C33H36N2O6. The molecule has 1 amide bonds. The number of carbonyl (C=O) groups excluding carboxylic acids is 2. The minimum absolute atomic E-state index is 0.0339. The number of carbonyl (C=O) groups is 2. The van der Waals surface area contributed by atoms with Crippen molar-refractivity contribution < 1.29 is 28.9 Å². The van der Waals surface area contributed by atoms with E-state index in [1.54, 1.807) is 48.8 Å². The summed E-state index contributed by atoms with van der Waals surface area (Å²) in [7, 11) is 0. The summed E-state index contributed by atoms with van der Waals surface area (Å²) in [5, 5.41) is 11.6. The minimum Gasteiger partial charge on any atom is -0.507 e. The van der Waals surface area contributed by atoms with Crippen LogP contribution in [-0.2, 0) is 22.6 Å².